The number of carboxylic acids is 1. The van der Waals surface area contributed by atoms with Crippen LogP contribution < -0.4 is 0 Å². The zero-order chi connectivity index (χ0) is 10.6. The number of carbonyl (C=O) groups is 1. The van der Waals surface area contributed by atoms with Crippen LogP contribution in [0.25, 0.3) is 0 Å². The first-order valence-corrected chi connectivity index (χ1v) is 3.47. The van der Waals surface area contributed by atoms with Crippen molar-refractivity contribution < 1.29 is 35.4 Å². The molecule has 0 aliphatic rings. The summed E-state index contributed by atoms with van der Waals surface area (Å²) in [6.07, 6.45) is -7.84. The van der Waals surface area contributed by atoms with Gasteiger partial charge in [-0.3, -0.25) is 0 Å². The maximum atomic E-state index is 10.1. The number of hydrogen-bond acceptors (Lipinski definition) is 6. The van der Waals surface area contributed by atoms with Crippen LogP contribution in [-0.4, -0.2) is 138 Å². The van der Waals surface area contributed by atoms with Gasteiger partial charge in [-0.1, -0.05) is 0 Å². The van der Waals surface area contributed by atoms with Crippen LogP contribution in [0.1, 0.15) is 0 Å². The van der Waals surface area contributed by atoms with Gasteiger partial charge in [-0.25, -0.2) is 4.79 Å². The van der Waals surface area contributed by atoms with E-state index in [4.69, 9.17) is 30.6 Å². The van der Waals surface area contributed by atoms with Crippen molar-refractivity contribution in [3.05, 3.63) is 0 Å². The predicted octanol–water partition coefficient (Wildman–Crippen LogP) is -4.79. The number of rotatable bonds is 5. The van der Waals surface area contributed by atoms with Gasteiger partial charge in [-0.2, -0.15) is 0 Å². The van der Waals surface area contributed by atoms with E-state index < -0.39 is 37.0 Å². The molecule has 0 aromatic rings. The minimum absolute atomic E-state index is 0. The number of hydrogen-bond donors (Lipinski definition) is 6. The Bertz CT molecular complexity index is 181. The molecule has 0 aliphatic heterocycles. The fraction of sp³-hybridized carbons (Fsp3) is 0.833. The third-order valence-corrected chi connectivity index (χ3v) is 1.51. The van der Waals surface area contributed by atoms with Gasteiger partial charge >= 0.3 is 76.2 Å². The predicted molar refractivity (Wildman–Crippen MR) is 53.0 cm³/mol. The summed E-state index contributed by atoms with van der Waals surface area (Å²) < 4.78 is 0. The fourth-order valence-electron chi connectivity index (χ4n) is 0.668. The Morgan fingerprint density at radius 3 is 1.73 bits per heavy atom. The average molecular weight is 244 g/mol. The Balaban J connectivity index is -0.000000720. The van der Waals surface area contributed by atoms with Crippen LogP contribution in [0.5, 0.6) is 0 Å². The monoisotopic (exact) mass is 244 g/mol. The van der Waals surface area contributed by atoms with E-state index in [1.54, 1.807) is 0 Å². The quantitative estimate of drug-likeness (QED) is 0.267. The summed E-state index contributed by atoms with van der Waals surface area (Å²) >= 11 is 0. The second kappa shape index (κ2) is 10.6. The van der Waals surface area contributed by atoms with Gasteiger partial charge in [0.25, 0.3) is 0 Å². The molecule has 0 bridgehead atoms. The topological polar surface area (TPSA) is 138 Å². The molecule has 0 spiro atoms. The summed E-state index contributed by atoms with van der Waals surface area (Å²) in [5.41, 5.74) is 0. The molecular formula is C6H14KLiO7. The standard InChI is InChI=1S/C6H12O7.K.Li.2H/c7-1-2(8)3(9)4(10)5(11)6(12)13;;;;/h2-5,7-11H,1H2,(H,12,13);;;;/t2-,3-,4+,5-;;;;/m1..../s1. The van der Waals surface area contributed by atoms with Crippen LogP contribution in [0.2, 0.25) is 0 Å². The van der Waals surface area contributed by atoms with Crippen molar-refractivity contribution in [3.63, 3.8) is 0 Å². The number of aliphatic carboxylic acids is 1. The number of aliphatic hydroxyl groups excluding tert-OH is 5. The maximum absolute atomic E-state index is 10.1. The molecule has 0 saturated heterocycles. The van der Waals surface area contributed by atoms with Gasteiger partial charge in [-0.15, -0.1) is 0 Å². The molecule has 6 N–H and O–H groups in total. The van der Waals surface area contributed by atoms with Crippen molar-refractivity contribution in [2.45, 2.75) is 24.4 Å². The Labute approximate surface area is 141 Å². The van der Waals surface area contributed by atoms with E-state index in [0.29, 0.717) is 0 Å². The molecule has 0 unspecified atom stereocenters. The van der Waals surface area contributed by atoms with E-state index in [1.165, 1.54) is 0 Å². The molecule has 0 aliphatic carbocycles. The van der Waals surface area contributed by atoms with Crippen LogP contribution in [0.4, 0.5) is 0 Å². The van der Waals surface area contributed by atoms with Crippen molar-refractivity contribution in [3.8, 4) is 0 Å². The second-order valence-electron chi connectivity index (χ2n) is 2.51. The van der Waals surface area contributed by atoms with Crippen molar-refractivity contribution >= 4 is 76.2 Å². The van der Waals surface area contributed by atoms with Gasteiger partial charge < -0.3 is 30.6 Å². The SMILES string of the molecule is O=C(O)[C@H](O)[C@@H](O)[C@H](O)[C@H](O)CO.[KH].[LiH]. The molecule has 0 heterocycles. The van der Waals surface area contributed by atoms with Crippen LogP contribution in [0.3, 0.4) is 0 Å². The molecule has 0 saturated carbocycles. The molecule has 0 rings (SSSR count). The van der Waals surface area contributed by atoms with Gasteiger partial charge in [0.1, 0.15) is 18.3 Å². The first kappa shape index (κ1) is 21.8. The van der Waals surface area contributed by atoms with Crippen LogP contribution in [0.15, 0.2) is 0 Å². The van der Waals surface area contributed by atoms with Crippen molar-refractivity contribution in [1.82, 2.24) is 0 Å². The molecule has 82 valence electrons. The van der Waals surface area contributed by atoms with E-state index in [1.807, 2.05) is 0 Å². The first-order chi connectivity index (χ1) is 5.91. The molecule has 0 aromatic heterocycles. The molecule has 9 heteroatoms. The van der Waals surface area contributed by atoms with E-state index in [0.717, 1.165) is 0 Å². The van der Waals surface area contributed by atoms with E-state index >= 15 is 0 Å². The molecule has 0 amide bonds. The van der Waals surface area contributed by atoms with Crippen molar-refractivity contribution in [2.75, 3.05) is 6.61 Å². The van der Waals surface area contributed by atoms with E-state index in [9.17, 15) is 4.79 Å². The summed E-state index contributed by atoms with van der Waals surface area (Å²) in [5.74, 6) is -1.73. The average Bonchev–Trinajstić information content (AvgIpc) is 2.12. The first-order valence-electron chi connectivity index (χ1n) is 3.47. The molecule has 4 atom stereocenters. The third-order valence-electron chi connectivity index (χ3n) is 1.51. The minimum atomic E-state index is -2.20. The fourth-order valence-corrected chi connectivity index (χ4v) is 0.668. The van der Waals surface area contributed by atoms with Gasteiger partial charge in [0.2, 0.25) is 0 Å². The molecular weight excluding hydrogens is 230 g/mol. The second-order valence-corrected chi connectivity index (χ2v) is 2.51. The summed E-state index contributed by atoms with van der Waals surface area (Å²) in [6.45, 7) is -0.843. The molecule has 0 aromatic carbocycles. The van der Waals surface area contributed by atoms with Crippen LogP contribution >= 0.6 is 0 Å². The van der Waals surface area contributed by atoms with Gasteiger partial charge in [0, 0.05) is 0 Å². The molecule has 7 nitrogen and oxygen atoms in total. The number of carboxylic acid groups (broad SMARTS) is 1. The summed E-state index contributed by atoms with van der Waals surface area (Å²) in [5, 5.41) is 51.8. The van der Waals surface area contributed by atoms with Gasteiger partial charge in [-0.05, 0) is 0 Å². The normalized spacial score (nSPS) is 17.7. The zero-order valence-corrected chi connectivity index (χ0v) is 6.61. The molecule has 0 radical (unpaired) electrons. The Morgan fingerprint density at radius 1 is 1.07 bits per heavy atom. The van der Waals surface area contributed by atoms with Crippen LogP contribution in [0, 0.1) is 0 Å². The van der Waals surface area contributed by atoms with Crippen molar-refractivity contribution in [2.24, 2.45) is 0 Å². The Hall–Kier alpha value is 1.50. The van der Waals surface area contributed by atoms with Gasteiger partial charge in [0.15, 0.2) is 6.10 Å². The summed E-state index contributed by atoms with van der Waals surface area (Å²) in [4.78, 5) is 10.1. The Kier molecular flexibility index (Phi) is 15.4. The van der Waals surface area contributed by atoms with Crippen LogP contribution in [-0.2, 0) is 4.79 Å². The number of aliphatic hydroxyl groups is 5. The zero-order valence-electron chi connectivity index (χ0n) is 6.61. The Morgan fingerprint density at radius 2 is 1.47 bits per heavy atom. The van der Waals surface area contributed by atoms with E-state index in [-0.39, 0.29) is 70.2 Å². The van der Waals surface area contributed by atoms with Gasteiger partial charge in [0.05, 0.1) is 6.61 Å². The molecule has 15 heavy (non-hydrogen) atoms. The summed E-state index contributed by atoms with van der Waals surface area (Å²) in [6, 6.07) is 0. The third kappa shape index (κ3) is 7.43. The summed E-state index contributed by atoms with van der Waals surface area (Å²) in [7, 11) is 0. The van der Waals surface area contributed by atoms with Crippen molar-refractivity contribution in [1.29, 1.82) is 0 Å². The molecule has 0 fully saturated rings. The van der Waals surface area contributed by atoms with E-state index in [2.05, 4.69) is 0 Å².